The highest BCUT2D eigenvalue weighted by Gasteiger charge is 2.25. The molecule has 1 amide bonds. The van der Waals surface area contributed by atoms with Crippen LogP contribution in [0, 0.1) is 0 Å². The van der Waals surface area contributed by atoms with Gasteiger partial charge in [0.25, 0.3) is 0 Å². The van der Waals surface area contributed by atoms with E-state index in [0.29, 0.717) is 17.2 Å². The fourth-order valence-corrected chi connectivity index (χ4v) is 2.12. The standard InChI is InChI=1S/C11H13ClN2O2/c1-13-8-5-11(15)14-9-4-7(12)10(16-2)3-6(8)9/h3-4,8,13H,5H2,1-2H3,(H,14,15). The third-order valence-corrected chi connectivity index (χ3v) is 3.01. The molecule has 0 bridgehead atoms. The van der Waals surface area contributed by atoms with Gasteiger partial charge in [0, 0.05) is 18.2 Å². The predicted molar refractivity (Wildman–Crippen MR) is 63.1 cm³/mol. The molecule has 16 heavy (non-hydrogen) atoms. The quantitative estimate of drug-likeness (QED) is 0.831. The fraction of sp³-hybridized carbons (Fsp3) is 0.364. The first kappa shape index (κ1) is 11.2. The minimum absolute atomic E-state index is 0.00640. The number of carbonyl (C=O) groups is 1. The molecule has 0 aromatic heterocycles. The molecular formula is C11H13ClN2O2. The molecule has 0 fully saturated rings. The minimum Gasteiger partial charge on any atom is -0.495 e. The van der Waals surface area contributed by atoms with Gasteiger partial charge in [0.05, 0.1) is 12.1 Å². The van der Waals surface area contributed by atoms with E-state index in [1.165, 1.54) is 0 Å². The number of hydrogen-bond acceptors (Lipinski definition) is 3. The molecule has 2 rings (SSSR count). The Kier molecular flexibility index (Phi) is 3.03. The number of methoxy groups -OCH3 is 1. The zero-order chi connectivity index (χ0) is 11.7. The topological polar surface area (TPSA) is 50.4 Å². The highest BCUT2D eigenvalue weighted by molar-refractivity contribution is 6.32. The highest BCUT2D eigenvalue weighted by Crippen LogP contribution is 2.37. The summed E-state index contributed by atoms with van der Waals surface area (Å²) in [6.07, 6.45) is 0.425. The van der Waals surface area contributed by atoms with E-state index in [-0.39, 0.29) is 11.9 Å². The number of carbonyl (C=O) groups excluding carboxylic acids is 1. The van der Waals surface area contributed by atoms with Gasteiger partial charge in [0.1, 0.15) is 5.75 Å². The molecular weight excluding hydrogens is 228 g/mol. The Balaban J connectivity index is 2.50. The molecule has 0 aliphatic carbocycles. The molecule has 2 N–H and O–H groups in total. The molecule has 1 atom stereocenters. The molecule has 0 saturated carbocycles. The smallest absolute Gasteiger partial charge is 0.226 e. The molecule has 1 heterocycles. The molecule has 1 aliphatic rings. The van der Waals surface area contributed by atoms with Crippen molar-refractivity contribution in [3.05, 3.63) is 22.7 Å². The van der Waals surface area contributed by atoms with Gasteiger partial charge < -0.3 is 15.4 Å². The molecule has 0 saturated heterocycles. The maximum atomic E-state index is 11.4. The zero-order valence-corrected chi connectivity index (χ0v) is 9.89. The van der Waals surface area contributed by atoms with Crippen LogP contribution in [0.25, 0.3) is 0 Å². The lowest BCUT2D eigenvalue weighted by atomic mass is 9.97. The predicted octanol–water partition coefficient (Wildman–Crippen LogP) is 1.95. The number of ether oxygens (including phenoxy) is 1. The first-order valence-corrected chi connectivity index (χ1v) is 5.38. The van der Waals surface area contributed by atoms with Crippen LogP contribution in [0.5, 0.6) is 5.75 Å². The lowest BCUT2D eigenvalue weighted by Crippen LogP contribution is -2.29. The molecule has 4 nitrogen and oxygen atoms in total. The van der Waals surface area contributed by atoms with Crippen molar-refractivity contribution in [2.75, 3.05) is 19.5 Å². The summed E-state index contributed by atoms with van der Waals surface area (Å²) in [5.74, 6) is 0.616. The maximum Gasteiger partial charge on any atom is 0.226 e. The maximum absolute atomic E-state index is 11.4. The lowest BCUT2D eigenvalue weighted by molar-refractivity contribution is -0.117. The van der Waals surface area contributed by atoms with Gasteiger partial charge in [-0.1, -0.05) is 11.6 Å². The largest absolute Gasteiger partial charge is 0.495 e. The van der Waals surface area contributed by atoms with Crippen LogP contribution in [0.15, 0.2) is 12.1 Å². The third kappa shape index (κ3) is 1.86. The normalized spacial score (nSPS) is 18.9. The Morgan fingerprint density at radius 1 is 1.56 bits per heavy atom. The van der Waals surface area contributed by atoms with Crippen molar-refractivity contribution in [1.29, 1.82) is 0 Å². The Labute approximate surface area is 98.9 Å². The summed E-state index contributed by atoms with van der Waals surface area (Å²) in [5.41, 5.74) is 1.75. The Morgan fingerprint density at radius 2 is 2.31 bits per heavy atom. The molecule has 1 aromatic carbocycles. The third-order valence-electron chi connectivity index (χ3n) is 2.71. The molecule has 86 valence electrons. The van der Waals surface area contributed by atoms with Crippen LogP contribution in [-0.4, -0.2) is 20.1 Å². The van der Waals surface area contributed by atoms with Gasteiger partial charge in [-0.3, -0.25) is 4.79 Å². The van der Waals surface area contributed by atoms with Gasteiger partial charge >= 0.3 is 0 Å². The van der Waals surface area contributed by atoms with Crippen molar-refractivity contribution in [3.63, 3.8) is 0 Å². The SMILES string of the molecule is CNC1CC(=O)Nc2cc(Cl)c(OC)cc21. The molecule has 5 heteroatoms. The monoisotopic (exact) mass is 240 g/mol. The number of amides is 1. The zero-order valence-electron chi connectivity index (χ0n) is 9.13. The van der Waals surface area contributed by atoms with Crippen molar-refractivity contribution in [2.45, 2.75) is 12.5 Å². The molecule has 1 aliphatic heterocycles. The Morgan fingerprint density at radius 3 is 2.94 bits per heavy atom. The number of benzene rings is 1. The molecule has 0 spiro atoms. The lowest BCUT2D eigenvalue weighted by Gasteiger charge is -2.26. The molecule has 1 unspecified atom stereocenters. The van der Waals surface area contributed by atoms with Crippen LogP contribution in [0.3, 0.4) is 0 Å². The number of fused-ring (bicyclic) bond motifs is 1. The number of halogens is 1. The summed E-state index contributed by atoms with van der Waals surface area (Å²) in [7, 11) is 3.40. The van der Waals surface area contributed by atoms with Gasteiger partial charge in [-0.25, -0.2) is 0 Å². The van der Waals surface area contributed by atoms with Gasteiger partial charge in [0.15, 0.2) is 0 Å². The van der Waals surface area contributed by atoms with Crippen LogP contribution in [-0.2, 0) is 4.79 Å². The molecule has 1 aromatic rings. The van der Waals surface area contributed by atoms with Gasteiger partial charge in [-0.2, -0.15) is 0 Å². The van der Waals surface area contributed by atoms with Crippen LogP contribution in [0.4, 0.5) is 5.69 Å². The second-order valence-corrected chi connectivity index (χ2v) is 4.07. The first-order chi connectivity index (χ1) is 7.65. The van der Waals surface area contributed by atoms with Crippen LogP contribution >= 0.6 is 11.6 Å². The van der Waals surface area contributed by atoms with E-state index < -0.39 is 0 Å². The summed E-state index contributed by atoms with van der Waals surface area (Å²) in [6, 6.07) is 3.59. The van der Waals surface area contributed by atoms with E-state index in [2.05, 4.69) is 10.6 Å². The summed E-state index contributed by atoms with van der Waals surface area (Å²) in [5, 5.41) is 6.40. The average Bonchev–Trinajstić information content (AvgIpc) is 2.26. The molecule has 0 radical (unpaired) electrons. The van der Waals surface area contributed by atoms with Crippen LogP contribution < -0.4 is 15.4 Å². The second kappa shape index (κ2) is 4.31. The summed E-state index contributed by atoms with van der Waals surface area (Å²) in [4.78, 5) is 11.4. The van der Waals surface area contributed by atoms with E-state index in [0.717, 1.165) is 11.3 Å². The number of anilines is 1. The van der Waals surface area contributed by atoms with Crippen molar-refractivity contribution in [1.82, 2.24) is 5.32 Å². The number of nitrogens with one attached hydrogen (secondary N) is 2. The van der Waals surface area contributed by atoms with Gasteiger partial charge in [-0.15, -0.1) is 0 Å². The van der Waals surface area contributed by atoms with E-state index in [4.69, 9.17) is 16.3 Å². The van der Waals surface area contributed by atoms with E-state index in [9.17, 15) is 4.79 Å². The Hall–Kier alpha value is -1.26. The second-order valence-electron chi connectivity index (χ2n) is 3.67. The Bertz CT molecular complexity index is 434. The van der Waals surface area contributed by atoms with E-state index >= 15 is 0 Å². The van der Waals surface area contributed by atoms with Crippen molar-refractivity contribution >= 4 is 23.2 Å². The van der Waals surface area contributed by atoms with Gasteiger partial charge in [-0.05, 0) is 24.7 Å². The van der Waals surface area contributed by atoms with Crippen molar-refractivity contribution < 1.29 is 9.53 Å². The first-order valence-electron chi connectivity index (χ1n) is 5.00. The van der Waals surface area contributed by atoms with Crippen LogP contribution in [0.1, 0.15) is 18.0 Å². The summed E-state index contributed by atoms with van der Waals surface area (Å²) in [6.45, 7) is 0. The van der Waals surface area contributed by atoms with E-state index in [1.807, 2.05) is 13.1 Å². The highest BCUT2D eigenvalue weighted by atomic mass is 35.5. The van der Waals surface area contributed by atoms with Gasteiger partial charge in [0.2, 0.25) is 5.91 Å². The van der Waals surface area contributed by atoms with Crippen molar-refractivity contribution in [2.24, 2.45) is 0 Å². The number of rotatable bonds is 2. The summed E-state index contributed by atoms with van der Waals surface area (Å²) < 4.78 is 5.16. The van der Waals surface area contributed by atoms with E-state index in [1.54, 1.807) is 13.2 Å². The minimum atomic E-state index is -0.00640. The number of hydrogen-bond donors (Lipinski definition) is 2. The van der Waals surface area contributed by atoms with Crippen LogP contribution in [0.2, 0.25) is 5.02 Å². The average molecular weight is 241 g/mol. The van der Waals surface area contributed by atoms with Crippen molar-refractivity contribution in [3.8, 4) is 5.75 Å². The summed E-state index contributed by atoms with van der Waals surface area (Å²) >= 11 is 6.00. The fourth-order valence-electron chi connectivity index (χ4n) is 1.88.